The van der Waals surface area contributed by atoms with Crippen LogP contribution in [0, 0.1) is 0 Å². The molecule has 6 heteroatoms. The van der Waals surface area contributed by atoms with Crippen LogP contribution in [-0.2, 0) is 28.6 Å². The van der Waals surface area contributed by atoms with Gasteiger partial charge in [-0.15, -0.1) is 0 Å². The molecule has 0 aromatic carbocycles. The maximum Gasteiger partial charge on any atom is 0.306 e. The average Bonchev–Trinajstić information content (AvgIpc) is 3.49. The molecule has 0 aliphatic heterocycles. The van der Waals surface area contributed by atoms with Gasteiger partial charge in [0.15, 0.2) is 6.10 Å². The maximum atomic E-state index is 13.0. The number of carbonyl (C=O) groups is 3. The summed E-state index contributed by atoms with van der Waals surface area (Å²) in [4.78, 5) is 38.5. The molecular weight excluding hydrogens is 1020 g/mol. The van der Waals surface area contributed by atoms with Crippen LogP contribution in [0.25, 0.3) is 0 Å². The highest BCUT2D eigenvalue weighted by Crippen LogP contribution is 2.17. The Labute approximate surface area is 515 Å². The van der Waals surface area contributed by atoms with Crippen molar-refractivity contribution >= 4 is 17.9 Å². The van der Waals surface area contributed by atoms with Crippen molar-refractivity contribution in [2.24, 2.45) is 0 Å². The first-order valence-electron chi connectivity index (χ1n) is 35.7. The minimum atomic E-state index is -0.784. The van der Waals surface area contributed by atoms with E-state index in [1.165, 1.54) is 218 Å². The molecule has 6 nitrogen and oxygen atoms in total. The van der Waals surface area contributed by atoms with E-state index in [4.69, 9.17) is 14.2 Å². The number of hydrogen-bond donors (Lipinski definition) is 0. The number of rotatable bonds is 65. The summed E-state index contributed by atoms with van der Waals surface area (Å²) < 4.78 is 17.0. The number of carbonyl (C=O) groups excluding carboxylic acids is 3. The van der Waals surface area contributed by atoms with Crippen LogP contribution in [0.5, 0.6) is 0 Å². The molecule has 1 unspecified atom stereocenters. The van der Waals surface area contributed by atoms with E-state index in [1.807, 2.05) is 0 Å². The van der Waals surface area contributed by atoms with Crippen LogP contribution in [0.3, 0.4) is 0 Å². The van der Waals surface area contributed by atoms with Crippen molar-refractivity contribution in [1.29, 1.82) is 0 Å². The molecule has 0 saturated carbocycles. The van der Waals surface area contributed by atoms with E-state index in [0.717, 1.165) is 96.3 Å². The first-order chi connectivity index (χ1) is 41.0. The Morgan fingerprint density at radius 3 is 0.747 bits per heavy atom. The van der Waals surface area contributed by atoms with Gasteiger partial charge in [0.2, 0.25) is 0 Å². The molecule has 0 heterocycles. The van der Waals surface area contributed by atoms with Gasteiger partial charge < -0.3 is 14.2 Å². The predicted octanol–water partition coefficient (Wildman–Crippen LogP) is 24.8. The summed E-state index contributed by atoms with van der Waals surface area (Å²) in [6.45, 7) is 6.56. The van der Waals surface area contributed by atoms with Gasteiger partial charge in [0.05, 0.1) is 0 Å². The summed E-state index contributed by atoms with van der Waals surface area (Å²) in [5.41, 5.74) is 0. The lowest BCUT2D eigenvalue weighted by atomic mass is 10.0. The Hall–Kier alpha value is -3.67. The Morgan fingerprint density at radius 2 is 0.470 bits per heavy atom. The monoisotopic (exact) mass is 1160 g/mol. The minimum Gasteiger partial charge on any atom is -0.462 e. The second-order valence-electron chi connectivity index (χ2n) is 23.8. The minimum absolute atomic E-state index is 0.0792. The van der Waals surface area contributed by atoms with Crippen LogP contribution < -0.4 is 0 Å². The fourth-order valence-electron chi connectivity index (χ4n) is 10.2. The Morgan fingerprint density at radius 1 is 0.253 bits per heavy atom. The van der Waals surface area contributed by atoms with E-state index >= 15 is 0 Å². The van der Waals surface area contributed by atoms with Gasteiger partial charge >= 0.3 is 17.9 Å². The summed E-state index contributed by atoms with van der Waals surface area (Å²) in [6.07, 6.45) is 95.7. The first-order valence-corrected chi connectivity index (χ1v) is 35.7. The van der Waals surface area contributed by atoms with Crippen LogP contribution in [0.2, 0.25) is 0 Å². The largest absolute Gasteiger partial charge is 0.462 e. The van der Waals surface area contributed by atoms with Gasteiger partial charge in [0.1, 0.15) is 13.2 Å². The van der Waals surface area contributed by atoms with Gasteiger partial charge in [-0.2, -0.15) is 0 Å². The van der Waals surface area contributed by atoms with Crippen LogP contribution in [0.4, 0.5) is 0 Å². The third-order valence-electron chi connectivity index (χ3n) is 15.5. The van der Waals surface area contributed by atoms with Gasteiger partial charge in [-0.3, -0.25) is 14.4 Å². The van der Waals surface area contributed by atoms with E-state index < -0.39 is 6.10 Å². The van der Waals surface area contributed by atoms with Crippen LogP contribution >= 0.6 is 0 Å². The summed E-state index contributed by atoms with van der Waals surface area (Å²) in [5.74, 6) is -0.872. The molecule has 0 spiro atoms. The fourth-order valence-corrected chi connectivity index (χ4v) is 10.2. The van der Waals surface area contributed by atoms with Gasteiger partial charge in [0, 0.05) is 19.3 Å². The SMILES string of the molecule is CC/C=C\C/C=C\C/C=C\C/C=C\C/C=C\C/C=C\CCCCCCCCCCCCC(=O)OCC(COC(=O)CCCCCCCCC/C=C\CCCCCCCC)OC(=O)CCCCCCCCCCC/C=C\CCCCCCCC. The van der Waals surface area contributed by atoms with E-state index in [-0.39, 0.29) is 31.1 Å². The van der Waals surface area contributed by atoms with Crippen molar-refractivity contribution in [3.05, 3.63) is 97.2 Å². The second-order valence-corrected chi connectivity index (χ2v) is 23.8. The summed E-state index contributed by atoms with van der Waals surface area (Å²) in [6, 6.07) is 0. The Balaban J connectivity index is 4.33. The molecule has 0 aliphatic carbocycles. The normalized spacial score (nSPS) is 12.7. The van der Waals surface area contributed by atoms with E-state index in [1.54, 1.807) is 0 Å². The van der Waals surface area contributed by atoms with E-state index in [9.17, 15) is 14.4 Å². The number of esters is 3. The van der Waals surface area contributed by atoms with Gasteiger partial charge in [-0.25, -0.2) is 0 Å². The molecular formula is C77H134O6. The molecule has 478 valence electrons. The lowest BCUT2D eigenvalue weighted by molar-refractivity contribution is -0.167. The first kappa shape index (κ1) is 79.3. The lowest BCUT2D eigenvalue weighted by Gasteiger charge is -2.18. The van der Waals surface area contributed by atoms with Crippen molar-refractivity contribution in [3.8, 4) is 0 Å². The highest BCUT2D eigenvalue weighted by Gasteiger charge is 2.19. The zero-order valence-corrected chi connectivity index (χ0v) is 54.9. The van der Waals surface area contributed by atoms with Crippen molar-refractivity contribution in [2.75, 3.05) is 13.2 Å². The average molecular weight is 1160 g/mol. The topological polar surface area (TPSA) is 78.9 Å². The maximum absolute atomic E-state index is 13.0. The molecule has 0 fully saturated rings. The second kappa shape index (κ2) is 70.8. The smallest absolute Gasteiger partial charge is 0.306 e. The van der Waals surface area contributed by atoms with Crippen LogP contribution in [-0.4, -0.2) is 37.2 Å². The summed E-state index contributed by atoms with van der Waals surface area (Å²) in [5, 5.41) is 0. The predicted molar refractivity (Wildman–Crippen MR) is 362 cm³/mol. The van der Waals surface area contributed by atoms with Gasteiger partial charge in [-0.05, 0) is 122 Å². The van der Waals surface area contributed by atoms with Crippen molar-refractivity contribution in [1.82, 2.24) is 0 Å². The molecule has 0 rings (SSSR count). The van der Waals surface area contributed by atoms with Gasteiger partial charge in [0.25, 0.3) is 0 Å². The molecule has 0 aliphatic rings. The highest BCUT2D eigenvalue weighted by molar-refractivity contribution is 5.71. The highest BCUT2D eigenvalue weighted by atomic mass is 16.6. The van der Waals surface area contributed by atoms with Crippen LogP contribution in [0.1, 0.15) is 355 Å². The molecule has 0 radical (unpaired) electrons. The third-order valence-corrected chi connectivity index (χ3v) is 15.5. The van der Waals surface area contributed by atoms with Gasteiger partial charge in [-0.1, -0.05) is 311 Å². The van der Waals surface area contributed by atoms with Crippen LogP contribution in [0.15, 0.2) is 97.2 Å². The fraction of sp³-hybridized carbons (Fsp3) is 0.753. The number of allylic oxidation sites excluding steroid dienone is 16. The molecule has 0 saturated heterocycles. The molecule has 0 aromatic rings. The van der Waals surface area contributed by atoms with E-state index in [0.29, 0.717) is 19.3 Å². The van der Waals surface area contributed by atoms with Crippen molar-refractivity contribution < 1.29 is 28.6 Å². The number of hydrogen-bond acceptors (Lipinski definition) is 6. The van der Waals surface area contributed by atoms with Crippen molar-refractivity contribution in [2.45, 2.75) is 361 Å². The quantitative estimate of drug-likeness (QED) is 0.0261. The molecule has 0 aromatic heterocycles. The van der Waals surface area contributed by atoms with Crippen molar-refractivity contribution in [3.63, 3.8) is 0 Å². The zero-order valence-electron chi connectivity index (χ0n) is 54.9. The van der Waals surface area contributed by atoms with E-state index in [2.05, 4.69) is 118 Å². The number of unbranched alkanes of at least 4 members (excludes halogenated alkanes) is 38. The number of ether oxygens (including phenoxy) is 3. The molecule has 0 bridgehead atoms. The Bertz CT molecular complexity index is 1610. The zero-order chi connectivity index (χ0) is 59.9. The third kappa shape index (κ3) is 69.0. The molecule has 0 amide bonds. The summed E-state index contributed by atoms with van der Waals surface area (Å²) in [7, 11) is 0. The molecule has 0 N–H and O–H groups in total. The lowest BCUT2D eigenvalue weighted by Crippen LogP contribution is -2.30. The summed E-state index contributed by atoms with van der Waals surface area (Å²) >= 11 is 0. The Kier molecular flexibility index (Phi) is 67.7. The molecule has 1 atom stereocenters. The standard InChI is InChI=1S/C77H134O6/c1-4-7-10-13-16-19-22-25-28-31-33-34-35-36-37-38-39-40-41-42-44-46-49-52-55-58-61-64-67-70-76(79)82-73-74(72-81-75(78)69-66-63-60-57-54-51-48-45-30-27-24-21-18-15-12-9-6-3)83-77(80)71-68-65-62-59-56-53-50-47-43-32-29-26-23-20-17-14-11-8-5-2/h7,10,16,19,25-30,33-34,36-37,39-40,74H,4-6,8-9,11-15,17-18,20-24,31-32,35,38,41-73H2,1-3H3/b10-7-,19-16-,28-25-,29-26-,30-27-,34-33-,37-36-,40-39-. The molecule has 83 heavy (non-hydrogen) atoms.